The average Bonchev–Trinajstić information content (AvgIpc) is 3.10. The van der Waals surface area contributed by atoms with Crippen molar-refractivity contribution >= 4 is 0 Å². The highest BCUT2D eigenvalue weighted by Crippen LogP contribution is 2.20. The fourth-order valence-corrected chi connectivity index (χ4v) is 2.74. The predicted molar refractivity (Wildman–Crippen MR) is 79.8 cm³/mol. The van der Waals surface area contributed by atoms with Crippen LogP contribution in [0.5, 0.6) is 0 Å². The van der Waals surface area contributed by atoms with Gasteiger partial charge in [0, 0.05) is 43.9 Å². The Morgan fingerprint density at radius 1 is 1.43 bits per heavy atom. The Morgan fingerprint density at radius 2 is 2.33 bits per heavy atom. The molecule has 114 valence electrons. The summed E-state index contributed by atoms with van der Waals surface area (Å²) < 4.78 is 8.08. The minimum atomic E-state index is 0.0297. The molecule has 0 aliphatic carbocycles. The van der Waals surface area contributed by atoms with Crippen molar-refractivity contribution in [2.75, 3.05) is 19.7 Å². The van der Waals surface area contributed by atoms with Gasteiger partial charge in [-0.25, -0.2) is 9.97 Å². The first-order valence-electron chi connectivity index (χ1n) is 7.61. The highest BCUT2D eigenvalue weighted by Gasteiger charge is 2.24. The van der Waals surface area contributed by atoms with Gasteiger partial charge in [0.25, 0.3) is 0 Å². The van der Waals surface area contributed by atoms with Crippen LogP contribution in [0, 0.1) is 6.92 Å². The number of H-pyrrole nitrogens is 1. The Hall–Kier alpha value is -1.66. The summed E-state index contributed by atoms with van der Waals surface area (Å²) in [6.45, 7) is 8.62. The Kier molecular flexibility index (Phi) is 4.36. The second-order valence-electron chi connectivity index (χ2n) is 5.58. The molecule has 0 radical (unpaired) electrons. The highest BCUT2D eigenvalue weighted by atomic mass is 16.5. The van der Waals surface area contributed by atoms with Crippen molar-refractivity contribution < 1.29 is 4.74 Å². The second-order valence-corrected chi connectivity index (χ2v) is 5.58. The summed E-state index contributed by atoms with van der Waals surface area (Å²) >= 11 is 0. The lowest BCUT2D eigenvalue weighted by atomic mass is 10.2. The zero-order valence-electron chi connectivity index (χ0n) is 12.7. The third-order valence-electron chi connectivity index (χ3n) is 3.81. The molecule has 3 rings (SSSR count). The van der Waals surface area contributed by atoms with Gasteiger partial charge >= 0.3 is 0 Å². The van der Waals surface area contributed by atoms with Gasteiger partial charge < -0.3 is 14.3 Å². The number of morpholine rings is 1. The molecule has 0 bridgehead atoms. The first-order chi connectivity index (χ1) is 10.3. The Labute approximate surface area is 125 Å². The van der Waals surface area contributed by atoms with Crippen molar-refractivity contribution in [2.24, 2.45) is 0 Å². The molecule has 3 heterocycles. The molecule has 2 aromatic heterocycles. The van der Waals surface area contributed by atoms with Gasteiger partial charge in [-0.3, -0.25) is 4.90 Å². The van der Waals surface area contributed by atoms with Crippen LogP contribution in [0.15, 0.2) is 18.6 Å². The molecule has 2 aromatic rings. The van der Waals surface area contributed by atoms with Crippen molar-refractivity contribution in [1.82, 2.24) is 24.4 Å². The minimum Gasteiger partial charge on any atom is -0.368 e. The van der Waals surface area contributed by atoms with E-state index in [9.17, 15) is 0 Å². The van der Waals surface area contributed by atoms with Gasteiger partial charge in [0.1, 0.15) is 17.8 Å². The third kappa shape index (κ3) is 3.33. The van der Waals surface area contributed by atoms with E-state index >= 15 is 0 Å². The molecule has 1 fully saturated rings. The maximum absolute atomic E-state index is 5.84. The van der Waals surface area contributed by atoms with Gasteiger partial charge in [-0.1, -0.05) is 6.92 Å². The van der Waals surface area contributed by atoms with Crippen LogP contribution in [-0.2, 0) is 17.8 Å². The average molecular weight is 289 g/mol. The van der Waals surface area contributed by atoms with Gasteiger partial charge in [0.15, 0.2) is 0 Å². The number of hydrogen-bond donors (Lipinski definition) is 1. The minimum absolute atomic E-state index is 0.0297. The van der Waals surface area contributed by atoms with E-state index in [2.05, 4.69) is 37.5 Å². The standard InChI is InChI=1S/C15H23N5O/c1-3-5-20-6-4-16-14(20)11-19-7-8-21-13(10-19)15-17-9-12(2)18-15/h4,6,9,13H,3,5,7-8,10-11H2,1-2H3,(H,17,18). The van der Waals surface area contributed by atoms with Gasteiger partial charge in [-0.2, -0.15) is 0 Å². The van der Waals surface area contributed by atoms with E-state index in [-0.39, 0.29) is 6.10 Å². The monoisotopic (exact) mass is 289 g/mol. The first kappa shape index (κ1) is 14.3. The Morgan fingerprint density at radius 3 is 3.10 bits per heavy atom. The molecule has 1 unspecified atom stereocenters. The van der Waals surface area contributed by atoms with E-state index in [1.165, 1.54) is 0 Å². The summed E-state index contributed by atoms with van der Waals surface area (Å²) in [4.78, 5) is 14.5. The van der Waals surface area contributed by atoms with E-state index in [0.717, 1.165) is 56.5 Å². The molecule has 0 saturated carbocycles. The van der Waals surface area contributed by atoms with E-state index in [1.54, 1.807) is 0 Å². The molecule has 1 atom stereocenters. The maximum atomic E-state index is 5.84. The molecule has 0 spiro atoms. The van der Waals surface area contributed by atoms with Crippen LogP contribution in [0.1, 0.15) is 36.8 Å². The molecule has 0 aromatic carbocycles. The SMILES string of the molecule is CCCn1ccnc1CN1CCOC(c2ncc(C)[nH]2)C1. The van der Waals surface area contributed by atoms with Gasteiger partial charge in [-0.05, 0) is 13.3 Å². The molecule has 6 nitrogen and oxygen atoms in total. The van der Waals surface area contributed by atoms with Gasteiger partial charge in [-0.15, -0.1) is 0 Å². The summed E-state index contributed by atoms with van der Waals surface area (Å²) in [5, 5.41) is 0. The highest BCUT2D eigenvalue weighted by molar-refractivity contribution is 5.03. The molecule has 6 heteroatoms. The van der Waals surface area contributed by atoms with Crippen LogP contribution in [-0.4, -0.2) is 44.1 Å². The van der Waals surface area contributed by atoms with Crippen LogP contribution in [0.2, 0.25) is 0 Å². The van der Waals surface area contributed by atoms with Crippen LogP contribution in [0.25, 0.3) is 0 Å². The van der Waals surface area contributed by atoms with Crippen LogP contribution >= 0.6 is 0 Å². The molecule has 1 saturated heterocycles. The number of nitrogens with zero attached hydrogens (tertiary/aromatic N) is 4. The van der Waals surface area contributed by atoms with E-state index in [4.69, 9.17) is 4.74 Å². The lowest BCUT2D eigenvalue weighted by Crippen LogP contribution is -2.38. The number of hydrogen-bond acceptors (Lipinski definition) is 4. The molecule has 21 heavy (non-hydrogen) atoms. The topological polar surface area (TPSA) is 59.0 Å². The predicted octanol–water partition coefficient (Wildman–Crippen LogP) is 1.90. The van der Waals surface area contributed by atoms with Crippen molar-refractivity contribution in [2.45, 2.75) is 39.5 Å². The van der Waals surface area contributed by atoms with Crippen LogP contribution in [0.4, 0.5) is 0 Å². The van der Waals surface area contributed by atoms with E-state index < -0.39 is 0 Å². The lowest BCUT2D eigenvalue weighted by molar-refractivity contribution is -0.0378. The van der Waals surface area contributed by atoms with Crippen molar-refractivity contribution in [3.8, 4) is 0 Å². The number of ether oxygens (including phenoxy) is 1. The fourth-order valence-electron chi connectivity index (χ4n) is 2.74. The normalized spacial score (nSPS) is 20.0. The number of nitrogens with one attached hydrogen (secondary N) is 1. The third-order valence-corrected chi connectivity index (χ3v) is 3.81. The number of aromatic nitrogens is 4. The number of aromatic amines is 1. The molecular weight excluding hydrogens is 266 g/mol. The van der Waals surface area contributed by atoms with Gasteiger partial charge in [0.2, 0.25) is 0 Å². The zero-order valence-corrected chi connectivity index (χ0v) is 12.7. The summed E-state index contributed by atoms with van der Waals surface area (Å²) in [6.07, 6.45) is 6.96. The fraction of sp³-hybridized carbons (Fsp3) is 0.600. The van der Waals surface area contributed by atoms with Crippen LogP contribution < -0.4 is 0 Å². The Bertz CT molecular complexity index is 576. The van der Waals surface area contributed by atoms with Crippen molar-refractivity contribution in [3.05, 3.63) is 35.9 Å². The van der Waals surface area contributed by atoms with Gasteiger partial charge in [0.05, 0.1) is 13.2 Å². The molecule has 0 amide bonds. The lowest BCUT2D eigenvalue weighted by Gasteiger charge is -2.31. The summed E-state index contributed by atoms with van der Waals surface area (Å²) in [6, 6.07) is 0. The quantitative estimate of drug-likeness (QED) is 0.913. The Balaban J connectivity index is 1.64. The summed E-state index contributed by atoms with van der Waals surface area (Å²) in [5.41, 5.74) is 1.07. The smallest absolute Gasteiger partial charge is 0.136 e. The van der Waals surface area contributed by atoms with E-state index in [1.807, 2.05) is 19.3 Å². The first-order valence-corrected chi connectivity index (χ1v) is 7.61. The molecule has 1 N–H and O–H groups in total. The summed E-state index contributed by atoms with van der Waals surface area (Å²) in [5.74, 6) is 2.06. The molecule has 1 aliphatic rings. The van der Waals surface area contributed by atoms with Crippen molar-refractivity contribution in [1.29, 1.82) is 0 Å². The van der Waals surface area contributed by atoms with Crippen LogP contribution in [0.3, 0.4) is 0 Å². The number of aryl methyl sites for hydroxylation is 2. The largest absolute Gasteiger partial charge is 0.368 e. The maximum Gasteiger partial charge on any atom is 0.136 e. The second kappa shape index (κ2) is 6.41. The van der Waals surface area contributed by atoms with E-state index in [0.29, 0.717) is 0 Å². The summed E-state index contributed by atoms with van der Waals surface area (Å²) in [7, 11) is 0. The number of rotatable bonds is 5. The molecular formula is C15H23N5O. The zero-order chi connectivity index (χ0) is 14.7. The molecule has 1 aliphatic heterocycles. The number of imidazole rings is 2. The van der Waals surface area contributed by atoms with Crippen molar-refractivity contribution in [3.63, 3.8) is 0 Å².